The molecule has 0 saturated carbocycles. The Labute approximate surface area is 161 Å². The first-order valence-corrected chi connectivity index (χ1v) is 8.95. The monoisotopic (exact) mass is 361 g/mol. The molecule has 0 saturated heterocycles. The molecule has 4 rings (SSSR count). The van der Waals surface area contributed by atoms with Crippen LogP contribution in [0.5, 0.6) is 0 Å². The van der Waals surface area contributed by atoms with Crippen molar-refractivity contribution < 1.29 is 0 Å². The summed E-state index contributed by atoms with van der Waals surface area (Å²) in [5, 5.41) is 8.99. The van der Waals surface area contributed by atoms with E-state index in [0.717, 1.165) is 0 Å². The Morgan fingerprint density at radius 1 is 0.615 bits per heavy atom. The first-order chi connectivity index (χ1) is 12.2. The lowest BCUT2D eigenvalue weighted by atomic mass is 9.97. The number of hydrogen-bond donors (Lipinski definition) is 1. The van der Waals surface area contributed by atoms with Crippen molar-refractivity contribution >= 4 is 34.0 Å². The van der Waals surface area contributed by atoms with Crippen LogP contribution in [0, 0.1) is 0 Å². The molecule has 4 aromatic carbocycles. The van der Waals surface area contributed by atoms with E-state index in [1.165, 1.54) is 32.7 Å². The smallest absolute Gasteiger partial charge is 0.0303 e. The molecule has 0 heterocycles. The molecule has 1 nitrogen and oxygen atoms in total. The number of halogens is 1. The maximum Gasteiger partial charge on any atom is 0.0303 e. The molecule has 0 bridgehead atoms. The highest BCUT2D eigenvalue weighted by atomic mass is 35.5. The van der Waals surface area contributed by atoms with Gasteiger partial charge in [-0.1, -0.05) is 78.9 Å². The highest BCUT2D eigenvalue weighted by Gasteiger charge is 2.13. The van der Waals surface area contributed by atoms with E-state index in [0.29, 0.717) is 6.04 Å². The van der Waals surface area contributed by atoms with Gasteiger partial charge in [-0.2, -0.15) is 0 Å². The Kier molecular flexibility index (Phi) is 5.61. The Bertz CT molecular complexity index is 1020. The van der Waals surface area contributed by atoms with Crippen molar-refractivity contribution in [3.05, 3.63) is 96.1 Å². The van der Waals surface area contributed by atoms with Gasteiger partial charge in [-0.15, -0.1) is 12.4 Å². The van der Waals surface area contributed by atoms with Gasteiger partial charge in [0.25, 0.3) is 0 Å². The van der Waals surface area contributed by atoms with Crippen LogP contribution in [0.4, 0.5) is 0 Å². The molecule has 2 atom stereocenters. The normalized spacial score (nSPS) is 13.3. The van der Waals surface area contributed by atoms with E-state index in [1.807, 2.05) is 0 Å². The molecule has 0 radical (unpaired) electrons. The van der Waals surface area contributed by atoms with Gasteiger partial charge in [0, 0.05) is 12.1 Å². The summed E-state index contributed by atoms with van der Waals surface area (Å²) in [6.07, 6.45) is 0. The minimum absolute atomic E-state index is 0. The Morgan fingerprint density at radius 3 is 2.08 bits per heavy atom. The third-order valence-corrected chi connectivity index (χ3v) is 5.06. The second-order valence-electron chi connectivity index (χ2n) is 6.79. The van der Waals surface area contributed by atoms with Crippen molar-refractivity contribution in [2.24, 2.45) is 0 Å². The van der Waals surface area contributed by atoms with Crippen LogP contribution >= 0.6 is 12.4 Å². The second-order valence-corrected chi connectivity index (χ2v) is 6.79. The zero-order valence-electron chi connectivity index (χ0n) is 15.1. The number of benzene rings is 4. The van der Waals surface area contributed by atoms with Gasteiger partial charge in [0.2, 0.25) is 0 Å². The minimum atomic E-state index is 0. The van der Waals surface area contributed by atoms with E-state index >= 15 is 0 Å². The molecular formula is C24H24ClN. The molecule has 0 aromatic heterocycles. The van der Waals surface area contributed by atoms with E-state index in [4.69, 9.17) is 0 Å². The summed E-state index contributed by atoms with van der Waals surface area (Å²) in [7, 11) is 0. The van der Waals surface area contributed by atoms with Gasteiger partial charge in [0.05, 0.1) is 0 Å². The van der Waals surface area contributed by atoms with Gasteiger partial charge in [-0.25, -0.2) is 0 Å². The molecule has 1 N–H and O–H groups in total. The van der Waals surface area contributed by atoms with E-state index in [2.05, 4.69) is 104 Å². The zero-order chi connectivity index (χ0) is 17.2. The third-order valence-electron chi connectivity index (χ3n) is 5.06. The molecule has 0 spiro atoms. The van der Waals surface area contributed by atoms with Crippen LogP contribution in [0.15, 0.2) is 84.9 Å². The number of fused-ring (bicyclic) bond motifs is 2. The van der Waals surface area contributed by atoms with Gasteiger partial charge < -0.3 is 5.32 Å². The third kappa shape index (κ3) is 3.60. The summed E-state index contributed by atoms with van der Waals surface area (Å²) >= 11 is 0. The fourth-order valence-corrected chi connectivity index (χ4v) is 3.67. The van der Waals surface area contributed by atoms with Crippen LogP contribution in [-0.4, -0.2) is 0 Å². The molecule has 0 aliphatic heterocycles. The summed E-state index contributed by atoms with van der Waals surface area (Å²) < 4.78 is 0. The van der Waals surface area contributed by atoms with Gasteiger partial charge in [-0.3, -0.25) is 0 Å². The van der Waals surface area contributed by atoms with Crippen molar-refractivity contribution in [2.45, 2.75) is 25.9 Å². The van der Waals surface area contributed by atoms with Crippen molar-refractivity contribution in [1.82, 2.24) is 5.32 Å². The lowest BCUT2D eigenvalue weighted by Gasteiger charge is -2.22. The second kappa shape index (κ2) is 7.90. The van der Waals surface area contributed by atoms with Crippen LogP contribution in [0.2, 0.25) is 0 Å². The first kappa shape index (κ1) is 18.4. The van der Waals surface area contributed by atoms with Gasteiger partial charge in [-0.05, 0) is 52.6 Å². The Hall–Kier alpha value is -2.35. The van der Waals surface area contributed by atoms with E-state index in [9.17, 15) is 0 Å². The van der Waals surface area contributed by atoms with Crippen LogP contribution in [0.1, 0.15) is 37.1 Å². The lowest BCUT2D eigenvalue weighted by Crippen LogP contribution is -2.22. The first-order valence-electron chi connectivity index (χ1n) is 8.95. The molecule has 4 aromatic rings. The fraction of sp³-hybridized carbons (Fsp3) is 0.167. The van der Waals surface area contributed by atoms with Gasteiger partial charge in [0.15, 0.2) is 0 Å². The zero-order valence-corrected chi connectivity index (χ0v) is 16.0. The maximum absolute atomic E-state index is 3.77. The summed E-state index contributed by atoms with van der Waals surface area (Å²) in [5.41, 5.74) is 2.68. The SMILES string of the molecule is CC(NC(C)c1cccc2ccccc12)c1ccc2ccccc2c1.Cl. The van der Waals surface area contributed by atoms with Crippen LogP contribution in [0.3, 0.4) is 0 Å². The molecule has 2 unspecified atom stereocenters. The quantitative estimate of drug-likeness (QED) is 0.420. The number of rotatable bonds is 4. The molecular weight excluding hydrogens is 338 g/mol. The van der Waals surface area contributed by atoms with Gasteiger partial charge >= 0.3 is 0 Å². The summed E-state index contributed by atoms with van der Waals surface area (Å²) in [4.78, 5) is 0. The van der Waals surface area contributed by atoms with Crippen LogP contribution in [0.25, 0.3) is 21.5 Å². The highest BCUT2D eigenvalue weighted by molar-refractivity contribution is 5.86. The van der Waals surface area contributed by atoms with E-state index in [-0.39, 0.29) is 18.4 Å². The average Bonchev–Trinajstić information content (AvgIpc) is 2.67. The molecule has 0 fully saturated rings. The van der Waals surface area contributed by atoms with E-state index in [1.54, 1.807) is 0 Å². The van der Waals surface area contributed by atoms with E-state index < -0.39 is 0 Å². The average molecular weight is 362 g/mol. The van der Waals surface area contributed by atoms with Crippen molar-refractivity contribution in [2.75, 3.05) is 0 Å². The topological polar surface area (TPSA) is 12.0 Å². The summed E-state index contributed by atoms with van der Waals surface area (Å²) in [5.74, 6) is 0. The van der Waals surface area contributed by atoms with Crippen molar-refractivity contribution in [3.8, 4) is 0 Å². The number of hydrogen-bond acceptors (Lipinski definition) is 1. The minimum Gasteiger partial charge on any atom is -0.304 e. The summed E-state index contributed by atoms with van der Waals surface area (Å²) in [6.45, 7) is 4.49. The number of nitrogens with one attached hydrogen (secondary N) is 1. The Morgan fingerprint density at radius 2 is 1.27 bits per heavy atom. The predicted molar refractivity (Wildman–Crippen MR) is 115 cm³/mol. The fourth-order valence-electron chi connectivity index (χ4n) is 3.67. The Balaban J connectivity index is 0.00000196. The lowest BCUT2D eigenvalue weighted by molar-refractivity contribution is 0.497. The predicted octanol–water partition coefficient (Wildman–Crippen LogP) is 6.83. The largest absolute Gasteiger partial charge is 0.304 e. The van der Waals surface area contributed by atoms with Gasteiger partial charge in [0.1, 0.15) is 0 Å². The standard InChI is InChI=1S/C24H23N.ClH/c1-17(21-15-14-19-8-3-4-10-22(19)16-21)25-18(2)23-13-7-11-20-9-5-6-12-24(20)23;/h3-18,25H,1-2H3;1H. The molecule has 132 valence electrons. The molecule has 0 aliphatic rings. The van der Waals surface area contributed by atoms with Crippen LogP contribution < -0.4 is 5.32 Å². The summed E-state index contributed by atoms with van der Waals surface area (Å²) in [6, 6.07) is 31.0. The molecule has 0 aliphatic carbocycles. The highest BCUT2D eigenvalue weighted by Crippen LogP contribution is 2.27. The maximum atomic E-state index is 3.77. The van der Waals surface area contributed by atoms with Crippen molar-refractivity contribution in [1.29, 1.82) is 0 Å². The van der Waals surface area contributed by atoms with Crippen molar-refractivity contribution in [3.63, 3.8) is 0 Å². The molecule has 0 amide bonds. The molecule has 2 heteroatoms. The molecule has 26 heavy (non-hydrogen) atoms. The van der Waals surface area contributed by atoms with Crippen LogP contribution in [-0.2, 0) is 0 Å².